The SMILES string of the molecule is Fc1cc(F)c(NCc2ccc(Br)cc2F)c(F)c1. The van der Waals surface area contributed by atoms with Crippen LogP contribution in [-0.4, -0.2) is 0 Å². The maximum Gasteiger partial charge on any atom is 0.152 e. The molecule has 2 aromatic rings. The van der Waals surface area contributed by atoms with E-state index >= 15 is 0 Å². The van der Waals surface area contributed by atoms with E-state index in [1.807, 2.05) is 0 Å². The minimum Gasteiger partial charge on any atom is -0.376 e. The van der Waals surface area contributed by atoms with E-state index in [2.05, 4.69) is 21.2 Å². The lowest BCUT2D eigenvalue weighted by molar-refractivity contribution is 0.546. The van der Waals surface area contributed by atoms with Crippen molar-refractivity contribution >= 4 is 21.6 Å². The van der Waals surface area contributed by atoms with Gasteiger partial charge in [-0.15, -0.1) is 0 Å². The monoisotopic (exact) mass is 333 g/mol. The Kier molecular flexibility index (Phi) is 4.09. The summed E-state index contributed by atoms with van der Waals surface area (Å²) in [5.41, 5.74) is -0.241. The smallest absolute Gasteiger partial charge is 0.152 e. The van der Waals surface area contributed by atoms with Crippen LogP contribution in [0.5, 0.6) is 0 Å². The zero-order valence-electron chi connectivity index (χ0n) is 9.48. The van der Waals surface area contributed by atoms with Gasteiger partial charge in [-0.2, -0.15) is 0 Å². The normalized spacial score (nSPS) is 10.6. The maximum absolute atomic E-state index is 13.5. The molecule has 2 rings (SSSR count). The third-order valence-electron chi connectivity index (χ3n) is 2.48. The average Bonchev–Trinajstić information content (AvgIpc) is 2.30. The molecule has 0 bridgehead atoms. The first-order valence-electron chi connectivity index (χ1n) is 5.29. The highest BCUT2D eigenvalue weighted by molar-refractivity contribution is 9.10. The van der Waals surface area contributed by atoms with E-state index in [0.29, 0.717) is 16.6 Å². The van der Waals surface area contributed by atoms with Crippen molar-refractivity contribution in [1.82, 2.24) is 0 Å². The molecule has 0 aliphatic rings. The fraction of sp³-hybridized carbons (Fsp3) is 0.0769. The number of anilines is 1. The Labute approximate surface area is 115 Å². The molecule has 0 atom stereocenters. The second-order valence-corrected chi connectivity index (χ2v) is 4.75. The summed E-state index contributed by atoms with van der Waals surface area (Å²) in [5.74, 6) is -3.63. The molecule has 0 aliphatic heterocycles. The van der Waals surface area contributed by atoms with Crippen LogP contribution in [0.4, 0.5) is 23.2 Å². The van der Waals surface area contributed by atoms with Gasteiger partial charge in [-0.3, -0.25) is 0 Å². The van der Waals surface area contributed by atoms with Gasteiger partial charge in [-0.25, -0.2) is 17.6 Å². The highest BCUT2D eigenvalue weighted by Gasteiger charge is 2.12. The second kappa shape index (κ2) is 5.61. The van der Waals surface area contributed by atoms with E-state index in [-0.39, 0.29) is 12.1 Å². The van der Waals surface area contributed by atoms with Gasteiger partial charge in [0.25, 0.3) is 0 Å². The van der Waals surface area contributed by atoms with E-state index in [1.165, 1.54) is 12.1 Å². The lowest BCUT2D eigenvalue weighted by atomic mass is 10.2. The first kappa shape index (κ1) is 13.9. The Morgan fingerprint density at radius 1 is 0.895 bits per heavy atom. The third kappa shape index (κ3) is 3.26. The number of rotatable bonds is 3. The van der Waals surface area contributed by atoms with Crippen LogP contribution in [0, 0.1) is 23.3 Å². The minimum absolute atomic E-state index is 0.113. The topological polar surface area (TPSA) is 12.0 Å². The van der Waals surface area contributed by atoms with Gasteiger partial charge in [0.15, 0.2) is 11.6 Å². The summed E-state index contributed by atoms with van der Waals surface area (Å²) in [5, 5.41) is 2.41. The third-order valence-corrected chi connectivity index (χ3v) is 2.97. The van der Waals surface area contributed by atoms with Gasteiger partial charge in [0.2, 0.25) is 0 Å². The number of nitrogens with one attached hydrogen (secondary N) is 1. The number of halogens is 5. The Bertz CT molecular complexity index is 593. The van der Waals surface area contributed by atoms with Crippen molar-refractivity contribution in [3.05, 3.63) is 63.6 Å². The zero-order valence-corrected chi connectivity index (χ0v) is 11.1. The van der Waals surface area contributed by atoms with Crippen molar-refractivity contribution in [2.24, 2.45) is 0 Å². The second-order valence-electron chi connectivity index (χ2n) is 3.83. The quantitative estimate of drug-likeness (QED) is 0.808. The van der Waals surface area contributed by atoms with Crippen molar-refractivity contribution in [2.75, 3.05) is 5.32 Å². The molecule has 1 nitrogen and oxygen atoms in total. The lowest BCUT2D eigenvalue weighted by Gasteiger charge is -2.10. The van der Waals surface area contributed by atoms with Crippen molar-refractivity contribution in [2.45, 2.75) is 6.54 Å². The van der Waals surface area contributed by atoms with Gasteiger partial charge >= 0.3 is 0 Å². The van der Waals surface area contributed by atoms with Crippen molar-refractivity contribution in [3.63, 3.8) is 0 Å². The Balaban J connectivity index is 2.19. The molecule has 6 heteroatoms. The van der Waals surface area contributed by atoms with E-state index in [9.17, 15) is 17.6 Å². The average molecular weight is 334 g/mol. The molecule has 1 N–H and O–H groups in total. The van der Waals surface area contributed by atoms with Gasteiger partial charge in [0, 0.05) is 28.7 Å². The highest BCUT2D eigenvalue weighted by atomic mass is 79.9. The summed E-state index contributed by atoms with van der Waals surface area (Å²) in [6, 6.07) is 5.45. The molecule has 100 valence electrons. The van der Waals surface area contributed by atoms with Crippen LogP contribution < -0.4 is 5.32 Å². The van der Waals surface area contributed by atoms with Gasteiger partial charge in [0.1, 0.15) is 17.3 Å². The molecule has 0 aromatic heterocycles. The van der Waals surface area contributed by atoms with Crippen LogP contribution in [0.1, 0.15) is 5.56 Å². The Hall–Kier alpha value is -1.56. The van der Waals surface area contributed by atoms with E-state index in [1.54, 1.807) is 6.07 Å². The molecule has 0 radical (unpaired) electrons. The predicted octanol–water partition coefficient (Wildman–Crippen LogP) is 4.62. The van der Waals surface area contributed by atoms with Gasteiger partial charge in [-0.1, -0.05) is 22.0 Å². The van der Waals surface area contributed by atoms with Crippen LogP contribution >= 0.6 is 15.9 Å². The molecule has 19 heavy (non-hydrogen) atoms. The fourth-order valence-corrected chi connectivity index (χ4v) is 1.89. The molecule has 0 saturated carbocycles. The number of hydrogen-bond acceptors (Lipinski definition) is 1. The molecule has 0 aliphatic carbocycles. The highest BCUT2D eigenvalue weighted by Crippen LogP contribution is 2.22. The summed E-state index contributed by atoms with van der Waals surface area (Å²) in [7, 11) is 0. The molecule has 0 heterocycles. The van der Waals surface area contributed by atoms with Gasteiger partial charge in [-0.05, 0) is 12.1 Å². The molecule has 0 spiro atoms. The number of hydrogen-bond donors (Lipinski definition) is 1. The summed E-state index contributed by atoms with van der Waals surface area (Å²) in [6.07, 6.45) is 0. The van der Waals surface area contributed by atoms with E-state index < -0.39 is 29.0 Å². The first-order valence-corrected chi connectivity index (χ1v) is 6.09. The minimum atomic E-state index is -1.06. The maximum atomic E-state index is 13.5. The predicted molar refractivity (Wildman–Crippen MR) is 67.7 cm³/mol. The molecule has 0 unspecified atom stereocenters. The van der Waals surface area contributed by atoms with E-state index in [4.69, 9.17) is 0 Å². The van der Waals surface area contributed by atoms with Gasteiger partial charge < -0.3 is 5.32 Å². The molecular formula is C13H8BrF4N. The Morgan fingerprint density at radius 3 is 2.11 bits per heavy atom. The van der Waals surface area contributed by atoms with Gasteiger partial charge in [0.05, 0.1) is 0 Å². The van der Waals surface area contributed by atoms with Crippen molar-refractivity contribution in [1.29, 1.82) is 0 Å². The zero-order chi connectivity index (χ0) is 14.0. The summed E-state index contributed by atoms with van der Waals surface area (Å²) < 4.78 is 53.4. The fourth-order valence-electron chi connectivity index (χ4n) is 1.56. The van der Waals surface area contributed by atoms with Crippen LogP contribution in [-0.2, 0) is 6.54 Å². The standard InChI is InChI=1S/C13H8BrF4N/c14-8-2-1-7(10(16)3-8)6-19-13-11(17)4-9(15)5-12(13)18/h1-5,19H,6H2. The van der Waals surface area contributed by atoms with Crippen molar-refractivity contribution < 1.29 is 17.6 Å². The molecule has 0 fully saturated rings. The number of benzene rings is 2. The van der Waals surface area contributed by atoms with Crippen LogP contribution in [0.25, 0.3) is 0 Å². The Morgan fingerprint density at radius 2 is 1.53 bits per heavy atom. The summed E-state index contributed by atoms with van der Waals surface area (Å²) in [4.78, 5) is 0. The largest absolute Gasteiger partial charge is 0.376 e. The summed E-state index contributed by atoms with van der Waals surface area (Å²) in [6.45, 7) is -0.113. The van der Waals surface area contributed by atoms with E-state index in [0.717, 1.165) is 0 Å². The molecule has 0 saturated heterocycles. The van der Waals surface area contributed by atoms with Crippen LogP contribution in [0.15, 0.2) is 34.8 Å². The summed E-state index contributed by atoms with van der Waals surface area (Å²) >= 11 is 3.10. The van der Waals surface area contributed by atoms with Crippen LogP contribution in [0.3, 0.4) is 0 Å². The first-order chi connectivity index (χ1) is 8.97. The van der Waals surface area contributed by atoms with Crippen LogP contribution in [0.2, 0.25) is 0 Å². The molecule has 0 amide bonds. The molecule has 2 aromatic carbocycles. The lowest BCUT2D eigenvalue weighted by Crippen LogP contribution is -2.06. The molecular weight excluding hydrogens is 326 g/mol. The van der Waals surface area contributed by atoms with Crippen molar-refractivity contribution in [3.8, 4) is 0 Å².